The molecule has 1 heterocycles. The molecule has 3 rings (SSSR count). The minimum atomic E-state index is -3.81. The Morgan fingerprint density at radius 1 is 1.18 bits per heavy atom. The van der Waals surface area contributed by atoms with Crippen molar-refractivity contribution in [2.75, 3.05) is 37.8 Å². The lowest BCUT2D eigenvalue weighted by Gasteiger charge is -2.32. The molecule has 0 radical (unpaired) electrons. The van der Waals surface area contributed by atoms with Gasteiger partial charge >= 0.3 is 0 Å². The van der Waals surface area contributed by atoms with E-state index in [0.29, 0.717) is 37.3 Å². The minimum Gasteiger partial charge on any atom is -0.379 e. The summed E-state index contributed by atoms with van der Waals surface area (Å²) in [4.78, 5) is 26.3. The number of amides is 1. The molecule has 2 aromatic carbocycles. The summed E-state index contributed by atoms with van der Waals surface area (Å²) in [6.07, 6.45) is 3.32. The van der Waals surface area contributed by atoms with E-state index in [1.807, 2.05) is 30.3 Å². The third-order valence-electron chi connectivity index (χ3n) is 5.83. The summed E-state index contributed by atoms with van der Waals surface area (Å²) in [7, 11) is -3.81. The van der Waals surface area contributed by atoms with Crippen molar-refractivity contribution in [3.8, 4) is 0 Å². The van der Waals surface area contributed by atoms with E-state index >= 15 is 0 Å². The molecule has 1 aliphatic heterocycles. The van der Waals surface area contributed by atoms with Crippen molar-refractivity contribution in [2.45, 2.75) is 31.6 Å². The molecule has 0 aromatic heterocycles. The minimum absolute atomic E-state index is 0.180. The lowest BCUT2D eigenvalue weighted by molar-refractivity contribution is -0.384. The summed E-state index contributed by atoms with van der Waals surface area (Å²) in [5.41, 5.74) is 0.204. The highest BCUT2D eigenvalue weighted by Gasteiger charge is 2.41. The summed E-state index contributed by atoms with van der Waals surface area (Å²) in [5, 5.41) is 14.9. The first kappa shape index (κ1) is 24.7. The van der Waals surface area contributed by atoms with Gasteiger partial charge in [-0.05, 0) is 43.4 Å². The van der Waals surface area contributed by atoms with E-state index in [0.717, 1.165) is 24.7 Å². The van der Waals surface area contributed by atoms with Gasteiger partial charge in [-0.3, -0.25) is 19.1 Å². The van der Waals surface area contributed by atoms with Crippen LogP contribution in [0.4, 0.5) is 11.4 Å². The van der Waals surface area contributed by atoms with Gasteiger partial charge in [0, 0.05) is 25.7 Å². The lowest BCUT2D eigenvalue weighted by Crippen LogP contribution is -2.47. The molecule has 1 amide bonds. The Labute approximate surface area is 194 Å². The number of hydrogen-bond acceptors (Lipinski definition) is 7. The highest BCUT2D eigenvalue weighted by atomic mass is 32.2. The van der Waals surface area contributed by atoms with Crippen LogP contribution in [0, 0.1) is 10.1 Å². The van der Waals surface area contributed by atoms with E-state index < -0.39 is 27.1 Å². The van der Waals surface area contributed by atoms with Crippen LogP contribution in [0.3, 0.4) is 0 Å². The largest absolute Gasteiger partial charge is 0.379 e. The number of nitro benzene ring substituents is 1. The molecule has 2 aromatic rings. The van der Waals surface area contributed by atoms with Crippen LogP contribution in [0.2, 0.25) is 0 Å². The topological polar surface area (TPSA) is 119 Å². The monoisotopic (exact) mass is 475 g/mol. The lowest BCUT2D eigenvalue weighted by atomic mass is 9.81. The fraction of sp³-hybridized carbons (Fsp3) is 0.435. The number of nitrogens with zero attached hydrogens (tertiary/aromatic N) is 2. The fourth-order valence-corrected chi connectivity index (χ4v) is 4.37. The Bertz CT molecular complexity index is 1100. The average Bonchev–Trinajstić information content (AvgIpc) is 3.32. The Hall–Kier alpha value is -2.98. The molecule has 0 spiro atoms. The molecule has 9 nitrogen and oxygen atoms in total. The van der Waals surface area contributed by atoms with Gasteiger partial charge in [-0.15, -0.1) is 0 Å². The standard InChI is InChI=1S/C23H29N3O6S/c1-23(17-32-33(2,30)31,22(27)25-14-6-7-15-25)19-10-11-20(21(16-19)26(28)29)24-13-12-18-8-4-3-5-9-18/h3-5,8-11,16,24H,6-7,12-15,17H2,1-2H3. The second-order valence-corrected chi connectivity index (χ2v) is 10.1. The number of likely N-dealkylation sites (tertiary alicyclic amines) is 1. The maximum Gasteiger partial charge on any atom is 0.292 e. The molecular weight excluding hydrogens is 446 g/mol. The predicted octanol–water partition coefficient (Wildman–Crippen LogP) is 3.11. The second-order valence-electron chi connectivity index (χ2n) is 8.45. The Balaban J connectivity index is 1.88. The first-order valence-electron chi connectivity index (χ1n) is 10.8. The molecule has 0 aliphatic carbocycles. The van der Waals surface area contributed by atoms with Gasteiger partial charge in [0.1, 0.15) is 5.69 Å². The maximum atomic E-state index is 13.3. The first-order valence-corrected chi connectivity index (χ1v) is 12.6. The predicted molar refractivity (Wildman–Crippen MR) is 126 cm³/mol. The highest BCUT2D eigenvalue weighted by molar-refractivity contribution is 7.85. The quantitative estimate of drug-likeness (QED) is 0.319. The molecule has 0 bridgehead atoms. The molecule has 33 heavy (non-hydrogen) atoms. The van der Waals surface area contributed by atoms with E-state index in [1.54, 1.807) is 24.0 Å². The third kappa shape index (κ3) is 6.29. The van der Waals surface area contributed by atoms with E-state index in [-0.39, 0.29) is 11.6 Å². The van der Waals surface area contributed by atoms with Gasteiger partial charge < -0.3 is 10.2 Å². The first-order chi connectivity index (χ1) is 15.6. The number of rotatable bonds is 10. The van der Waals surface area contributed by atoms with Gasteiger partial charge in [-0.2, -0.15) is 8.42 Å². The zero-order chi connectivity index (χ0) is 24.1. The van der Waals surface area contributed by atoms with Crippen LogP contribution in [-0.2, 0) is 30.9 Å². The van der Waals surface area contributed by atoms with Crippen molar-refractivity contribution in [1.29, 1.82) is 0 Å². The third-order valence-corrected chi connectivity index (χ3v) is 6.38. The average molecular weight is 476 g/mol. The Morgan fingerprint density at radius 3 is 2.45 bits per heavy atom. The van der Waals surface area contributed by atoms with E-state index in [9.17, 15) is 23.3 Å². The van der Waals surface area contributed by atoms with Crippen molar-refractivity contribution in [1.82, 2.24) is 4.90 Å². The molecule has 1 unspecified atom stereocenters. The summed E-state index contributed by atoms with van der Waals surface area (Å²) in [5.74, 6) is -0.303. The van der Waals surface area contributed by atoms with Gasteiger partial charge in [0.25, 0.3) is 15.8 Å². The van der Waals surface area contributed by atoms with Crippen molar-refractivity contribution in [3.63, 3.8) is 0 Å². The molecule has 1 aliphatic rings. The van der Waals surface area contributed by atoms with Gasteiger partial charge in [-0.25, -0.2) is 0 Å². The van der Waals surface area contributed by atoms with Gasteiger partial charge in [0.2, 0.25) is 5.91 Å². The smallest absolute Gasteiger partial charge is 0.292 e. The number of hydrogen-bond donors (Lipinski definition) is 1. The maximum absolute atomic E-state index is 13.3. The van der Waals surface area contributed by atoms with Gasteiger partial charge in [-0.1, -0.05) is 36.4 Å². The number of nitrogens with one attached hydrogen (secondary N) is 1. The van der Waals surface area contributed by atoms with Crippen molar-refractivity contribution < 1.29 is 22.3 Å². The zero-order valence-electron chi connectivity index (χ0n) is 18.8. The van der Waals surface area contributed by atoms with E-state index in [2.05, 4.69) is 5.32 Å². The van der Waals surface area contributed by atoms with Crippen LogP contribution in [0.1, 0.15) is 30.9 Å². The van der Waals surface area contributed by atoms with Crippen LogP contribution < -0.4 is 5.32 Å². The summed E-state index contributed by atoms with van der Waals surface area (Å²) >= 11 is 0. The molecule has 10 heteroatoms. The van der Waals surface area contributed by atoms with Crippen molar-refractivity contribution in [3.05, 3.63) is 69.8 Å². The number of carbonyl (C=O) groups excluding carboxylic acids is 1. The zero-order valence-corrected chi connectivity index (χ0v) is 19.6. The molecule has 1 fully saturated rings. The number of benzene rings is 2. The molecule has 1 atom stereocenters. The van der Waals surface area contributed by atoms with E-state index in [4.69, 9.17) is 4.18 Å². The van der Waals surface area contributed by atoms with Crippen LogP contribution >= 0.6 is 0 Å². The Morgan fingerprint density at radius 2 is 1.85 bits per heavy atom. The van der Waals surface area contributed by atoms with Gasteiger partial charge in [0.05, 0.1) is 23.2 Å². The Kier molecular flexibility index (Phi) is 7.70. The molecule has 1 saturated heterocycles. The molecule has 1 N–H and O–H groups in total. The summed E-state index contributed by atoms with van der Waals surface area (Å²) < 4.78 is 28.3. The summed E-state index contributed by atoms with van der Waals surface area (Å²) in [6, 6.07) is 14.3. The van der Waals surface area contributed by atoms with Crippen LogP contribution in [-0.4, -0.2) is 56.6 Å². The fourth-order valence-electron chi connectivity index (χ4n) is 3.92. The molecule has 0 saturated carbocycles. The number of nitro groups is 1. The van der Waals surface area contributed by atoms with Crippen LogP contribution in [0.25, 0.3) is 0 Å². The number of carbonyl (C=O) groups is 1. The number of anilines is 1. The second kappa shape index (κ2) is 10.3. The van der Waals surface area contributed by atoms with Crippen molar-refractivity contribution >= 4 is 27.4 Å². The molecule has 178 valence electrons. The van der Waals surface area contributed by atoms with Gasteiger partial charge in [0.15, 0.2) is 0 Å². The van der Waals surface area contributed by atoms with Crippen molar-refractivity contribution in [2.24, 2.45) is 0 Å². The summed E-state index contributed by atoms with van der Waals surface area (Å²) in [6.45, 7) is 2.76. The highest BCUT2D eigenvalue weighted by Crippen LogP contribution is 2.34. The van der Waals surface area contributed by atoms with E-state index in [1.165, 1.54) is 6.07 Å². The normalized spacial score (nSPS) is 15.8. The van der Waals surface area contributed by atoms with Crippen LogP contribution in [0.5, 0.6) is 0 Å². The molecular formula is C23H29N3O6S. The SMILES string of the molecule is CC(COS(C)(=O)=O)(C(=O)N1CCCC1)c1ccc(NCCc2ccccc2)c([N+](=O)[O-])c1. The van der Waals surface area contributed by atoms with Crippen LogP contribution in [0.15, 0.2) is 48.5 Å².